The molecule has 4 unspecified atom stereocenters. The Morgan fingerprint density at radius 1 is 1.31 bits per heavy atom. The maximum Gasteiger partial charge on any atom is 0.0622 e. The molecule has 1 aliphatic carbocycles. The molecule has 0 bridgehead atoms. The molecule has 2 fully saturated rings. The van der Waals surface area contributed by atoms with Crippen LogP contribution in [0.2, 0.25) is 0 Å². The molecule has 3 heteroatoms. The van der Waals surface area contributed by atoms with E-state index < -0.39 is 0 Å². The summed E-state index contributed by atoms with van der Waals surface area (Å²) in [4.78, 5) is 2.50. The van der Waals surface area contributed by atoms with Crippen LogP contribution in [0.25, 0.3) is 0 Å². The molecular formula is C13H26N2O. The van der Waals surface area contributed by atoms with Crippen LogP contribution in [0.15, 0.2) is 0 Å². The van der Waals surface area contributed by atoms with Gasteiger partial charge < -0.3 is 10.5 Å². The van der Waals surface area contributed by atoms with Gasteiger partial charge in [-0.3, -0.25) is 4.90 Å². The maximum atomic E-state index is 6.28. The first-order valence-corrected chi connectivity index (χ1v) is 6.77. The van der Waals surface area contributed by atoms with Gasteiger partial charge >= 0.3 is 0 Å². The lowest BCUT2D eigenvalue weighted by Gasteiger charge is -2.41. The van der Waals surface area contributed by atoms with Crippen molar-refractivity contribution in [2.75, 3.05) is 20.3 Å². The minimum atomic E-state index is 0.369. The monoisotopic (exact) mass is 226 g/mol. The highest BCUT2D eigenvalue weighted by Crippen LogP contribution is 2.30. The highest BCUT2D eigenvalue weighted by atomic mass is 16.5. The molecule has 0 radical (unpaired) electrons. The third-order valence-corrected chi connectivity index (χ3v) is 4.56. The van der Waals surface area contributed by atoms with Crippen molar-refractivity contribution in [3.63, 3.8) is 0 Å². The van der Waals surface area contributed by atoms with Crippen molar-refractivity contribution in [1.82, 2.24) is 4.90 Å². The van der Waals surface area contributed by atoms with Gasteiger partial charge in [0.05, 0.1) is 6.61 Å². The fourth-order valence-electron chi connectivity index (χ4n) is 3.21. The number of rotatable bonds is 3. The van der Waals surface area contributed by atoms with Crippen LogP contribution in [0.1, 0.15) is 39.0 Å². The number of hydrogen-bond donors (Lipinski definition) is 1. The molecule has 1 aliphatic heterocycles. The van der Waals surface area contributed by atoms with E-state index in [0.717, 1.165) is 19.1 Å². The zero-order valence-electron chi connectivity index (χ0n) is 10.7. The van der Waals surface area contributed by atoms with Gasteiger partial charge in [0, 0.05) is 24.7 Å². The van der Waals surface area contributed by atoms with Crippen LogP contribution in [0.4, 0.5) is 0 Å². The molecule has 1 saturated carbocycles. The van der Waals surface area contributed by atoms with Crippen molar-refractivity contribution in [2.45, 2.75) is 57.2 Å². The summed E-state index contributed by atoms with van der Waals surface area (Å²) in [6.07, 6.45) is 6.28. The molecule has 0 aromatic heterocycles. The average Bonchev–Trinajstić information content (AvgIpc) is 2.82. The van der Waals surface area contributed by atoms with Crippen molar-refractivity contribution < 1.29 is 4.74 Å². The largest absolute Gasteiger partial charge is 0.380 e. The summed E-state index contributed by atoms with van der Waals surface area (Å²) in [5.74, 6) is 0.884. The van der Waals surface area contributed by atoms with Crippen LogP contribution in [-0.2, 0) is 4.74 Å². The Hall–Kier alpha value is -0.120. The second-order valence-electron chi connectivity index (χ2n) is 5.50. The first-order chi connectivity index (χ1) is 7.72. The summed E-state index contributed by atoms with van der Waals surface area (Å²) in [5.41, 5.74) is 6.28. The van der Waals surface area contributed by atoms with Crippen molar-refractivity contribution >= 4 is 0 Å². The van der Waals surface area contributed by atoms with Crippen LogP contribution < -0.4 is 5.73 Å². The second kappa shape index (κ2) is 5.48. The Morgan fingerprint density at radius 3 is 2.75 bits per heavy atom. The lowest BCUT2D eigenvalue weighted by atomic mass is 9.80. The van der Waals surface area contributed by atoms with Crippen molar-refractivity contribution in [2.24, 2.45) is 11.7 Å². The van der Waals surface area contributed by atoms with Gasteiger partial charge in [0.1, 0.15) is 0 Å². The van der Waals surface area contributed by atoms with Crippen molar-refractivity contribution in [1.29, 1.82) is 0 Å². The first kappa shape index (κ1) is 12.3. The van der Waals surface area contributed by atoms with E-state index in [4.69, 9.17) is 10.5 Å². The second-order valence-corrected chi connectivity index (χ2v) is 5.50. The van der Waals surface area contributed by atoms with E-state index in [9.17, 15) is 0 Å². The molecule has 1 heterocycles. The fourth-order valence-corrected chi connectivity index (χ4v) is 3.21. The Balaban J connectivity index is 1.94. The van der Waals surface area contributed by atoms with E-state index in [2.05, 4.69) is 18.9 Å². The third kappa shape index (κ3) is 2.58. The molecule has 0 amide bonds. The first-order valence-electron chi connectivity index (χ1n) is 6.77. The Bertz CT molecular complexity index is 216. The molecule has 2 aliphatic rings. The van der Waals surface area contributed by atoms with Gasteiger partial charge in [0.2, 0.25) is 0 Å². The predicted molar refractivity (Wildman–Crippen MR) is 66.4 cm³/mol. The molecule has 94 valence electrons. The molecule has 2 N–H and O–H groups in total. The summed E-state index contributed by atoms with van der Waals surface area (Å²) < 4.78 is 5.47. The molecule has 2 rings (SSSR count). The van der Waals surface area contributed by atoms with E-state index in [-0.39, 0.29) is 0 Å². The SMILES string of the molecule is CCC1CCC(N)C(N(C)C2CCOC2)C1. The summed E-state index contributed by atoms with van der Waals surface area (Å²) in [6.45, 7) is 4.13. The normalized spacial score (nSPS) is 40.5. The average molecular weight is 226 g/mol. The molecular weight excluding hydrogens is 200 g/mol. The number of ether oxygens (including phenoxy) is 1. The van der Waals surface area contributed by atoms with Crippen LogP contribution in [-0.4, -0.2) is 43.3 Å². The van der Waals surface area contributed by atoms with Crippen LogP contribution in [0.3, 0.4) is 0 Å². The lowest BCUT2D eigenvalue weighted by Crippen LogP contribution is -2.53. The highest BCUT2D eigenvalue weighted by molar-refractivity contribution is 4.91. The van der Waals surface area contributed by atoms with Gasteiger partial charge in [0.25, 0.3) is 0 Å². The van der Waals surface area contributed by atoms with Crippen molar-refractivity contribution in [3.05, 3.63) is 0 Å². The van der Waals surface area contributed by atoms with E-state index in [1.165, 1.54) is 32.1 Å². The zero-order chi connectivity index (χ0) is 11.5. The van der Waals surface area contributed by atoms with Gasteiger partial charge in [0.15, 0.2) is 0 Å². The number of nitrogens with two attached hydrogens (primary N) is 1. The summed E-state index contributed by atoms with van der Waals surface area (Å²) in [6, 6.07) is 1.55. The van der Waals surface area contributed by atoms with Gasteiger partial charge in [-0.25, -0.2) is 0 Å². The number of hydrogen-bond acceptors (Lipinski definition) is 3. The van der Waals surface area contributed by atoms with Crippen LogP contribution in [0, 0.1) is 5.92 Å². The predicted octanol–water partition coefficient (Wildman–Crippen LogP) is 1.61. The maximum absolute atomic E-state index is 6.28. The summed E-state index contributed by atoms with van der Waals surface area (Å²) in [5, 5.41) is 0. The Kier molecular flexibility index (Phi) is 4.22. The van der Waals surface area contributed by atoms with Gasteiger partial charge in [-0.2, -0.15) is 0 Å². The van der Waals surface area contributed by atoms with Crippen LogP contribution in [0.5, 0.6) is 0 Å². The third-order valence-electron chi connectivity index (χ3n) is 4.56. The highest BCUT2D eigenvalue weighted by Gasteiger charge is 2.34. The van der Waals surface area contributed by atoms with Gasteiger partial charge in [-0.15, -0.1) is 0 Å². The molecule has 3 nitrogen and oxygen atoms in total. The lowest BCUT2D eigenvalue weighted by molar-refractivity contribution is 0.0840. The molecule has 0 spiro atoms. The van der Waals surface area contributed by atoms with Crippen LogP contribution >= 0.6 is 0 Å². The Morgan fingerprint density at radius 2 is 2.12 bits per heavy atom. The molecule has 1 saturated heterocycles. The summed E-state index contributed by atoms with van der Waals surface area (Å²) in [7, 11) is 2.24. The van der Waals surface area contributed by atoms with E-state index in [0.29, 0.717) is 18.1 Å². The molecule has 4 atom stereocenters. The van der Waals surface area contributed by atoms with Crippen molar-refractivity contribution in [3.8, 4) is 0 Å². The quantitative estimate of drug-likeness (QED) is 0.794. The molecule has 16 heavy (non-hydrogen) atoms. The fraction of sp³-hybridized carbons (Fsp3) is 1.00. The van der Waals surface area contributed by atoms with E-state index >= 15 is 0 Å². The number of likely N-dealkylation sites (N-methyl/N-ethyl adjacent to an activating group) is 1. The minimum Gasteiger partial charge on any atom is -0.380 e. The number of nitrogens with zero attached hydrogens (tertiary/aromatic N) is 1. The minimum absolute atomic E-state index is 0.369. The van der Waals surface area contributed by atoms with E-state index in [1.54, 1.807) is 0 Å². The zero-order valence-corrected chi connectivity index (χ0v) is 10.7. The standard InChI is InChI=1S/C13H26N2O/c1-3-10-4-5-12(14)13(8-10)15(2)11-6-7-16-9-11/h10-13H,3-9,14H2,1-2H3. The smallest absolute Gasteiger partial charge is 0.0622 e. The summed E-state index contributed by atoms with van der Waals surface area (Å²) >= 11 is 0. The Labute approximate surface area is 99.3 Å². The molecule has 0 aromatic carbocycles. The topological polar surface area (TPSA) is 38.5 Å². The molecule has 0 aromatic rings. The van der Waals surface area contributed by atoms with E-state index in [1.807, 2.05) is 0 Å². The van der Waals surface area contributed by atoms with Gasteiger partial charge in [-0.05, 0) is 38.6 Å². The van der Waals surface area contributed by atoms with Gasteiger partial charge in [-0.1, -0.05) is 13.3 Å².